The van der Waals surface area contributed by atoms with Crippen LogP contribution in [-0.2, 0) is 0 Å². The zero-order chi connectivity index (χ0) is 16.8. The molecule has 2 aromatic carbocycles. The van der Waals surface area contributed by atoms with Crippen LogP contribution in [0.4, 0.5) is 0 Å². The second-order valence-electron chi connectivity index (χ2n) is 6.22. The Balaban J connectivity index is 1.89. The van der Waals surface area contributed by atoms with E-state index in [1.54, 1.807) is 10.6 Å². The van der Waals surface area contributed by atoms with Gasteiger partial charge in [0, 0.05) is 40.4 Å². The first-order valence-electron chi connectivity index (χ1n) is 7.85. The summed E-state index contributed by atoms with van der Waals surface area (Å²) in [5.74, 6) is 0. The van der Waals surface area contributed by atoms with Crippen molar-refractivity contribution in [2.45, 2.75) is 20.1 Å². The van der Waals surface area contributed by atoms with Gasteiger partial charge >= 0.3 is 0 Å². The molecule has 2 N–H and O–H groups in total. The molecule has 4 aromatic rings. The van der Waals surface area contributed by atoms with Crippen LogP contribution < -0.4 is 0 Å². The van der Waals surface area contributed by atoms with Crippen LogP contribution in [-0.4, -0.2) is 14.7 Å². The van der Waals surface area contributed by atoms with Gasteiger partial charge in [-0.3, -0.25) is 0 Å². The molecule has 0 saturated carbocycles. The number of nitriles is 1. The molecule has 1 atom stereocenters. The lowest BCUT2D eigenvalue weighted by molar-refractivity contribution is 0.148. The molecule has 0 saturated heterocycles. The van der Waals surface area contributed by atoms with Crippen molar-refractivity contribution in [1.29, 1.82) is 5.26 Å². The van der Waals surface area contributed by atoms with Crippen molar-refractivity contribution in [2.24, 2.45) is 0 Å². The molecule has 0 fully saturated rings. The first-order valence-corrected chi connectivity index (χ1v) is 7.85. The molecule has 4 rings (SSSR count). The van der Waals surface area contributed by atoms with E-state index in [0.717, 1.165) is 32.8 Å². The fraction of sp³-hybridized carbons (Fsp3) is 0.150. The maximum Gasteiger partial charge on any atom is 0.157 e. The van der Waals surface area contributed by atoms with E-state index in [0.29, 0.717) is 5.56 Å². The maximum atomic E-state index is 11.0. The number of aliphatic hydroxyl groups is 1. The highest BCUT2D eigenvalue weighted by atomic mass is 16.3. The van der Waals surface area contributed by atoms with Crippen LogP contribution in [0.25, 0.3) is 21.7 Å². The molecule has 0 radical (unpaired) electrons. The van der Waals surface area contributed by atoms with Crippen LogP contribution in [0.5, 0.6) is 0 Å². The normalized spacial score (nSPS) is 12.6. The Morgan fingerprint density at radius 1 is 1.08 bits per heavy atom. The Kier molecular flexibility index (Phi) is 3.19. The Hall–Kier alpha value is -3.03. The van der Waals surface area contributed by atoms with Gasteiger partial charge in [0.25, 0.3) is 0 Å². The van der Waals surface area contributed by atoms with Gasteiger partial charge in [0.2, 0.25) is 0 Å². The lowest BCUT2D eigenvalue weighted by Crippen LogP contribution is -2.10. The van der Waals surface area contributed by atoms with Crippen LogP contribution in [0.2, 0.25) is 0 Å². The van der Waals surface area contributed by atoms with Gasteiger partial charge in [-0.1, -0.05) is 12.1 Å². The monoisotopic (exact) mass is 315 g/mol. The molecule has 118 valence electrons. The summed E-state index contributed by atoms with van der Waals surface area (Å²) in [6.07, 6.45) is 4.93. The van der Waals surface area contributed by atoms with E-state index in [9.17, 15) is 5.11 Å². The Labute approximate surface area is 139 Å². The SMILES string of the molecule is Cc1cc(C)c2[nH]ccc2c1C(O)n1cc2ccc(C#N)cc2c1. The van der Waals surface area contributed by atoms with Gasteiger partial charge in [-0.2, -0.15) is 5.26 Å². The van der Waals surface area contributed by atoms with E-state index in [2.05, 4.69) is 24.0 Å². The maximum absolute atomic E-state index is 11.0. The summed E-state index contributed by atoms with van der Waals surface area (Å²) in [5, 5.41) is 23.0. The van der Waals surface area contributed by atoms with E-state index >= 15 is 0 Å². The third-order valence-electron chi connectivity index (χ3n) is 4.62. The second kappa shape index (κ2) is 5.26. The molecule has 24 heavy (non-hydrogen) atoms. The first kappa shape index (κ1) is 14.6. The van der Waals surface area contributed by atoms with Crippen LogP contribution in [0, 0.1) is 25.2 Å². The molecule has 0 bridgehead atoms. The molecule has 2 aromatic heterocycles. The smallest absolute Gasteiger partial charge is 0.157 e. The third kappa shape index (κ3) is 2.10. The van der Waals surface area contributed by atoms with Gasteiger partial charge in [-0.25, -0.2) is 0 Å². The molecule has 4 nitrogen and oxygen atoms in total. The lowest BCUT2D eigenvalue weighted by atomic mass is 9.99. The summed E-state index contributed by atoms with van der Waals surface area (Å²) in [7, 11) is 0. The number of nitrogens with zero attached hydrogens (tertiary/aromatic N) is 2. The number of hydrogen-bond donors (Lipinski definition) is 2. The molecule has 2 heterocycles. The highest BCUT2D eigenvalue weighted by molar-refractivity contribution is 5.88. The van der Waals surface area contributed by atoms with Gasteiger partial charge in [0.1, 0.15) is 0 Å². The number of H-pyrrole nitrogens is 1. The highest BCUT2D eigenvalue weighted by Crippen LogP contribution is 2.32. The van der Waals surface area contributed by atoms with Crippen molar-refractivity contribution >= 4 is 21.7 Å². The molecule has 0 spiro atoms. The highest BCUT2D eigenvalue weighted by Gasteiger charge is 2.18. The van der Waals surface area contributed by atoms with Gasteiger partial charge in [-0.05, 0) is 48.6 Å². The van der Waals surface area contributed by atoms with Crippen molar-refractivity contribution in [2.75, 3.05) is 0 Å². The Morgan fingerprint density at radius 2 is 1.88 bits per heavy atom. The summed E-state index contributed by atoms with van der Waals surface area (Å²) in [6, 6.07) is 11.8. The van der Waals surface area contributed by atoms with Crippen LogP contribution in [0.1, 0.15) is 28.5 Å². The average molecular weight is 315 g/mol. The van der Waals surface area contributed by atoms with Gasteiger partial charge < -0.3 is 14.7 Å². The fourth-order valence-electron chi connectivity index (χ4n) is 3.47. The fourth-order valence-corrected chi connectivity index (χ4v) is 3.47. The molecule has 0 aliphatic heterocycles. The van der Waals surface area contributed by atoms with Crippen molar-refractivity contribution in [3.63, 3.8) is 0 Å². The predicted molar refractivity (Wildman–Crippen MR) is 94.8 cm³/mol. The number of benzene rings is 2. The number of aromatic amines is 1. The average Bonchev–Trinajstić information content (AvgIpc) is 3.20. The number of hydrogen-bond acceptors (Lipinski definition) is 2. The number of rotatable bonds is 2. The van der Waals surface area contributed by atoms with E-state index in [-0.39, 0.29) is 0 Å². The third-order valence-corrected chi connectivity index (χ3v) is 4.62. The predicted octanol–water partition coefficient (Wildman–Crippen LogP) is 4.15. The largest absolute Gasteiger partial charge is 0.369 e. The standard InChI is InChI=1S/C20H17N3O/c1-12-7-13(2)19-17(5-6-22-19)18(12)20(24)23-10-15-4-3-14(9-21)8-16(15)11-23/h3-8,10-11,20,22,24H,1-2H3. The van der Waals surface area contributed by atoms with E-state index in [1.165, 1.54) is 5.56 Å². The number of aromatic nitrogens is 2. The Bertz CT molecular complexity index is 1110. The minimum absolute atomic E-state index is 0.620. The topological polar surface area (TPSA) is 64.7 Å². The molecule has 0 aliphatic rings. The number of aliphatic hydroxyl groups excluding tert-OH is 1. The molecular weight excluding hydrogens is 298 g/mol. The quantitative estimate of drug-likeness (QED) is 0.583. The van der Waals surface area contributed by atoms with Gasteiger partial charge in [-0.15, -0.1) is 0 Å². The summed E-state index contributed by atoms with van der Waals surface area (Å²) in [4.78, 5) is 3.25. The molecule has 0 amide bonds. The van der Waals surface area contributed by atoms with E-state index in [1.807, 2.05) is 43.7 Å². The molecule has 0 aliphatic carbocycles. The number of aryl methyl sites for hydroxylation is 2. The van der Waals surface area contributed by atoms with Crippen LogP contribution in [0.3, 0.4) is 0 Å². The van der Waals surface area contributed by atoms with Crippen molar-refractivity contribution in [3.05, 3.63) is 71.2 Å². The van der Waals surface area contributed by atoms with Crippen molar-refractivity contribution < 1.29 is 5.11 Å². The first-order chi connectivity index (χ1) is 11.6. The summed E-state index contributed by atoms with van der Waals surface area (Å²) in [6.45, 7) is 4.09. The van der Waals surface area contributed by atoms with Crippen LogP contribution >= 0.6 is 0 Å². The van der Waals surface area contributed by atoms with Gasteiger partial charge in [0.05, 0.1) is 11.6 Å². The second-order valence-corrected chi connectivity index (χ2v) is 6.22. The zero-order valence-electron chi connectivity index (χ0n) is 13.5. The number of fused-ring (bicyclic) bond motifs is 2. The van der Waals surface area contributed by atoms with Crippen molar-refractivity contribution in [1.82, 2.24) is 9.55 Å². The van der Waals surface area contributed by atoms with E-state index in [4.69, 9.17) is 5.26 Å². The molecule has 1 unspecified atom stereocenters. The van der Waals surface area contributed by atoms with Gasteiger partial charge in [0.15, 0.2) is 6.23 Å². The van der Waals surface area contributed by atoms with E-state index < -0.39 is 6.23 Å². The summed E-state index contributed by atoms with van der Waals surface area (Å²) < 4.78 is 1.80. The van der Waals surface area contributed by atoms with Crippen molar-refractivity contribution in [3.8, 4) is 6.07 Å². The minimum atomic E-state index is -0.776. The lowest BCUT2D eigenvalue weighted by Gasteiger charge is -2.18. The number of nitrogens with one attached hydrogen (secondary N) is 1. The molecule has 4 heteroatoms. The minimum Gasteiger partial charge on any atom is -0.369 e. The van der Waals surface area contributed by atoms with Crippen LogP contribution in [0.15, 0.2) is 48.9 Å². The Morgan fingerprint density at radius 3 is 2.67 bits per heavy atom. The zero-order valence-corrected chi connectivity index (χ0v) is 13.5. The summed E-state index contributed by atoms with van der Waals surface area (Å²) in [5.41, 5.74) is 4.80. The molecular formula is C20H17N3O. The summed E-state index contributed by atoms with van der Waals surface area (Å²) >= 11 is 0.